The van der Waals surface area contributed by atoms with Gasteiger partial charge in [-0.05, 0) is 36.1 Å². The molecule has 1 aromatic carbocycles. The van der Waals surface area contributed by atoms with Crippen molar-refractivity contribution in [3.05, 3.63) is 53.3 Å². The van der Waals surface area contributed by atoms with Gasteiger partial charge >= 0.3 is 0 Å². The first-order chi connectivity index (χ1) is 12.7. The van der Waals surface area contributed by atoms with E-state index >= 15 is 0 Å². The van der Waals surface area contributed by atoms with Gasteiger partial charge in [0.2, 0.25) is 5.91 Å². The molecule has 7 nitrogen and oxygen atoms in total. The summed E-state index contributed by atoms with van der Waals surface area (Å²) < 4.78 is 5.64. The fourth-order valence-corrected chi connectivity index (χ4v) is 3.21. The number of carbonyl (C=O) groups excluding carboxylic acids is 1. The van der Waals surface area contributed by atoms with Crippen LogP contribution in [0.5, 0.6) is 5.75 Å². The number of rotatable bonds is 4. The second-order valence-corrected chi connectivity index (χ2v) is 6.50. The number of nitrogens with one attached hydrogen (secondary N) is 2. The van der Waals surface area contributed by atoms with Crippen molar-refractivity contribution in [2.45, 2.75) is 18.8 Å². The third-order valence-corrected chi connectivity index (χ3v) is 4.55. The van der Waals surface area contributed by atoms with Crippen LogP contribution >= 0.6 is 11.6 Å². The standard InChI is InChI=1S/C18H16ClN5O2/c19-13-1-2-14-11(4-6-26-16(14)8-13)7-18(25)22-17-9-15(23-24-17)12-3-5-20-21-10-12/h1-3,5,8-11H,4,6-7H2,(H2,22,23,24,25). The van der Waals surface area contributed by atoms with Crippen LogP contribution in [0.25, 0.3) is 11.3 Å². The molecule has 1 aliphatic heterocycles. The molecule has 2 N–H and O–H groups in total. The van der Waals surface area contributed by atoms with E-state index in [1.165, 1.54) is 0 Å². The van der Waals surface area contributed by atoms with Crippen LogP contribution in [-0.4, -0.2) is 32.9 Å². The van der Waals surface area contributed by atoms with E-state index in [4.69, 9.17) is 16.3 Å². The van der Waals surface area contributed by atoms with E-state index in [-0.39, 0.29) is 11.8 Å². The van der Waals surface area contributed by atoms with E-state index in [1.54, 1.807) is 24.5 Å². The normalized spacial score (nSPS) is 15.8. The van der Waals surface area contributed by atoms with Gasteiger partial charge in [0, 0.05) is 23.1 Å². The van der Waals surface area contributed by atoms with E-state index in [9.17, 15) is 4.79 Å². The fourth-order valence-electron chi connectivity index (χ4n) is 3.05. The minimum Gasteiger partial charge on any atom is -0.493 e. The first-order valence-corrected chi connectivity index (χ1v) is 8.61. The van der Waals surface area contributed by atoms with Gasteiger partial charge in [-0.2, -0.15) is 15.3 Å². The van der Waals surface area contributed by atoms with E-state index in [1.807, 2.05) is 18.2 Å². The van der Waals surface area contributed by atoms with Crippen molar-refractivity contribution in [3.8, 4) is 17.0 Å². The van der Waals surface area contributed by atoms with Crippen LogP contribution in [0.3, 0.4) is 0 Å². The zero-order chi connectivity index (χ0) is 17.9. The van der Waals surface area contributed by atoms with Crippen LogP contribution in [-0.2, 0) is 4.79 Å². The van der Waals surface area contributed by atoms with Gasteiger partial charge in [-0.1, -0.05) is 17.7 Å². The molecule has 3 aromatic rings. The van der Waals surface area contributed by atoms with Crippen LogP contribution in [0, 0.1) is 0 Å². The first kappa shape index (κ1) is 16.5. The number of benzene rings is 1. The van der Waals surface area contributed by atoms with Gasteiger partial charge in [0.15, 0.2) is 5.82 Å². The van der Waals surface area contributed by atoms with Crippen LogP contribution < -0.4 is 10.1 Å². The minimum atomic E-state index is -0.0938. The molecule has 1 amide bonds. The Morgan fingerprint density at radius 2 is 2.23 bits per heavy atom. The summed E-state index contributed by atoms with van der Waals surface area (Å²) in [6, 6.07) is 9.13. The number of anilines is 1. The number of halogens is 1. The SMILES string of the molecule is O=C(CC1CCOc2cc(Cl)ccc21)Nc1cc(-c2ccnnc2)[nH]n1. The van der Waals surface area contributed by atoms with Gasteiger partial charge in [-0.3, -0.25) is 9.89 Å². The number of amides is 1. The summed E-state index contributed by atoms with van der Waals surface area (Å²) in [7, 11) is 0. The Bertz CT molecular complexity index is 928. The van der Waals surface area contributed by atoms with E-state index in [2.05, 4.69) is 25.7 Å². The Labute approximate surface area is 154 Å². The maximum atomic E-state index is 12.4. The number of H-pyrrole nitrogens is 1. The molecule has 0 fully saturated rings. The number of nitrogens with zero attached hydrogens (tertiary/aromatic N) is 3. The topological polar surface area (TPSA) is 92.8 Å². The number of carbonyl (C=O) groups is 1. The third kappa shape index (κ3) is 3.52. The number of fused-ring (bicyclic) bond motifs is 1. The molecule has 0 saturated heterocycles. The van der Waals surface area contributed by atoms with E-state index in [0.29, 0.717) is 23.9 Å². The second-order valence-electron chi connectivity index (χ2n) is 6.07. The smallest absolute Gasteiger partial charge is 0.226 e. The Balaban J connectivity index is 1.43. The number of ether oxygens (including phenoxy) is 1. The summed E-state index contributed by atoms with van der Waals surface area (Å²) in [6.07, 6.45) is 4.38. The molecule has 26 heavy (non-hydrogen) atoms. The van der Waals surface area contributed by atoms with Gasteiger partial charge in [-0.15, -0.1) is 0 Å². The van der Waals surface area contributed by atoms with Crippen molar-refractivity contribution >= 4 is 23.3 Å². The largest absolute Gasteiger partial charge is 0.493 e. The molecular formula is C18H16ClN5O2. The highest BCUT2D eigenvalue weighted by atomic mass is 35.5. The molecule has 4 rings (SSSR count). The maximum Gasteiger partial charge on any atom is 0.226 e. The highest BCUT2D eigenvalue weighted by molar-refractivity contribution is 6.30. The molecule has 0 spiro atoms. The van der Waals surface area contributed by atoms with Crippen molar-refractivity contribution in [1.29, 1.82) is 0 Å². The van der Waals surface area contributed by atoms with Gasteiger partial charge in [-0.25, -0.2) is 0 Å². The van der Waals surface area contributed by atoms with Crippen LogP contribution in [0.2, 0.25) is 5.02 Å². The lowest BCUT2D eigenvalue weighted by atomic mass is 9.90. The zero-order valence-electron chi connectivity index (χ0n) is 13.8. The van der Waals surface area contributed by atoms with Crippen molar-refractivity contribution in [1.82, 2.24) is 20.4 Å². The predicted molar refractivity (Wildman–Crippen MR) is 97.2 cm³/mol. The highest BCUT2D eigenvalue weighted by Crippen LogP contribution is 2.37. The number of aromatic amines is 1. The molecule has 2 aromatic heterocycles. The third-order valence-electron chi connectivity index (χ3n) is 4.31. The molecule has 1 aliphatic rings. The van der Waals surface area contributed by atoms with Crippen LogP contribution in [0.4, 0.5) is 5.82 Å². The predicted octanol–water partition coefficient (Wildman–Crippen LogP) is 3.42. The Kier molecular flexibility index (Phi) is 4.53. The highest BCUT2D eigenvalue weighted by Gasteiger charge is 2.24. The van der Waals surface area contributed by atoms with Crippen molar-refractivity contribution < 1.29 is 9.53 Å². The average molecular weight is 370 g/mol. The fraction of sp³-hybridized carbons (Fsp3) is 0.222. The van der Waals surface area contributed by atoms with Crippen LogP contribution in [0.1, 0.15) is 24.3 Å². The van der Waals surface area contributed by atoms with Crippen molar-refractivity contribution in [2.75, 3.05) is 11.9 Å². The molecule has 132 valence electrons. The van der Waals surface area contributed by atoms with E-state index < -0.39 is 0 Å². The summed E-state index contributed by atoms with van der Waals surface area (Å²) in [5.41, 5.74) is 2.63. The molecule has 8 heteroatoms. The maximum absolute atomic E-state index is 12.4. The zero-order valence-corrected chi connectivity index (χ0v) is 14.5. The number of hydrogen-bond donors (Lipinski definition) is 2. The number of hydrogen-bond acceptors (Lipinski definition) is 5. The Morgan fingerprint density at radius 1 is 1.31 bits per heavy atom. The van der Waals surface area contributed by atoms with Gasteiger partial charge in [0.1, 0.15) is 5.75 Å². The first-order valence-electron chi connectivity index (χ1n) is 8.23. The van der Waals surface area contributed by atoms with Gasteiger partial charge in [0.25, 0.3) is 0 Å². The molecule has 3 heterocycles. The summed E-state index contributed by atoms with van der Waals surface area (Å²) in [4.78, 5) is 12.4. The molecule has 0 bridgehead atoms. The molecule has 0 radical (unpaired) electrons. The Morgan fingerprint density at radius 3 is 3.08 bits per heavy atom. The molecule has 1 atom stereocenters. The van der Waals surface area contributed by atoms with Crippen molar-refractivity contribution in [2.24, 2.45) is 0 Å². The lowest BCUT2D eigenvalue weighted by Gasteiger charge is -2.25. The van der Waals surface area contributed by atoms with Crippen LogP contribution in [0.15, 0.2) is 42.7 Å². The minimum absolute atomic E-state index is 0.0938. The van der Waals surface area contributed by atoms with Gasteiger partial charge in [0.05, 0.1) is 24.7 Å². The lowest BCUT2D eigenvalue weighted by molar-refractivity contribution is -0.116. The van der Waals surface area contributed by atoms with Crippen molar-refractivity contribution in [3.63, 3.8) is 0 Å². The average Bonchev–Trinajstić information content (AvgIpc) is 3.11. The van der Waals surface area contributed by atoms with E-state index in [0.717, 1.165) is 29.0 Å². The quantitative estimate of drug-likeness (QED) is 0.735. The summed E-state index contributed by atoms with van der Waals surface area (Å²) >= 11 is 6.01. The summed E-state index contributed by atoms with van der Waals surface area (Å²) in [5, 5.41) is 18.1. The monoisotopic (exact) mass is 369 g/mol. The second kappa shape index (κ2) is 7.13. The molecule has 1 unspecified atom stereocenters. The summed E-state index contributed by atoms with van der Waals surface area (Å²) in [6.45, 7) is 0.576. The Hall–Kier alpha value is -2.93. The number of aromatic nitrogens is 4. The summed E-state index contributed by atoms with van der Waals surface area (Å²) in [5.74, 6) is 1.24. The molecular weight excluding hydrogens is 354 g/mol. The molecule has 0 aliphatic carbocycles. The van der Waals surface area contributed by atoms with Gasteiger partial charge < -0.3 is 10.1 Å². The molecule has 0 saturated carbocycles. The lowest BCUT2D eigenvalue weighted by Crippen LogP contribution is -2.20.